The third-order valence-corrected chi connectivity index (χ3v) is 5.15. The second kappa shape index (κ2) is 8.67. The quantitative estimate of drug-likeness (QED) is 0.700. The average molecular weight is 379 g/mol. The number of cyclic esters (lactones) is 1. The number of piperazine rings is 1. The van der Waals surface area contributed by atoms with E-state index in [1.165, 1.54) is 13.0 Å². The van der Waals surface area contributed by atoms with E-state index in [9.17, 15) is 14.0 Å². The number of benzene rings is 1. The summed E-state index contributed by atoms with van der Waals surface area (Å²) in [7, 11) is 0. The molecule has 2 heterocycles. The Bertz CT molecular complexity index is 692. The molecule has 27 heavy (non-hydrogen) atoms. The molecule has 2 fully saturated rings. The van der Waals surface area contributed by atoms with Crippen LogP contribution in [0.1, 0.15) is 24.8 Å². The molecule has 0 bridgehead atoms. The van der Waals surface area contributed by atoms with Crippen molar-refractivity contribution in [1.29, 1.82) is 0 Å². The van der Waals surface area contributed by atoms with E-state index < -0.39 is 5.92 Å². The summed E-state index contributed by atoms with van der Waals surface area (Å²) < 4.78 is 20.0. The van der Waals surface area contributed by atoms with Gasteiger partial charge in [-0.25, -0.2) is 4.39 Å². The summed E-state index contributed by atoms with van der Waals surface area (Å²) >= 11 is 0. The van der Waals surface area contributed by atoms with Crippen LogP contribution in [0.15, 0.2) is 18.2 Å². The maximum atomic E-state index is 14.7. The van der Waals surface area contributed by atoms with Crippen LogP contribution in [0.5, 0.6) is 0 Å². The van der Waals surface area contributed by atoms with Gasteiger partial charge in [0.25, 0.3) is 0 Å². The van der Waals surface area contributed by atoms with Crippen molar-refractivity contribution in [2.45, 2.75) is 25.4 Å². The lowest BCUT2D eigenvalue weighted by Gasteiger charge is -2.36. The number of anilines is 1. The molecule has 2 aliphatic rings. The number of nitrogens with one attached hydrogen (secondary N) is 1. The summed E-state index contributed by atoms with van der Waals surface area (Å²) in [4.78, 5) is 27.3. The number of halogens is 1. The van der Waals surface area contributed by atoms with E-state index in [2.05, 4.69) is 10.2 Å². The van der Waals surface area contributed by atoms with E-state index in [4.69, 9.17) is 9.84 Å². The number of aliphatic hydroxyl groups excluding tert-OH is 1. The highest BCUT2D eigenvalue weighted by molar-refractivity contribution is 5.80. The van der Waals surface area contributed by atoms with Crippen LogP contribution in [-0.4, -0.2) is 73.9 Å². The molecule has 2 saturated heterocycles. The van der Waals surface area contributed by atoms with E-state index in [0.29, 0.717) is 37.3 Å². The van der Waals surface area contributed by atoms with Gasteiger partial charge in [-0.1, -0.05) is 6.07 Å². The number of carbonyl (C=O) groups excluding carboxylic acids is 2. The molecule has 1 aromatic carbocycles. The zero-order valence-electron chi connectivity index (χ0n) is 15.5. The van der Waals surface area contributed by atoms with Crippen molar-refractivity contribution in [2.24, 2.45) is 0 Å². The Morgan fingerprint density at radius 2 is 2.07 bits per heavy atom. The van der Waals surface area contributed by atoms with E-state index in [1.807, 2.05) is 4.90 Å². The van der Waals surface area contributed by atoms with Gasteiger partial charge in [0.2, 0.25) is 5.91 Å². The Morgan fingerprint density at radius 1 is 1.33 bits per heavy atom. The Balaban J connectivity index is 1.63. The second-order valence-electron chi connectivity index (χ2n) is 7.05. The number of β-amino-alcohol motifs (C(OH)–C–C–N with tert-alkyl or cyclic N) is 1. The molecule has 2 atom stereocenters. The van der Waals surface area contributed by atoms with Crippen LogP contribution in [0.4, 0.5) is 10.1 Å². The first-order chi connectivity index (χ1) is 13.0. The maximum Gasteiger partial charge on any atom is 0.313 e. The number of rotatable bonds is 6. The summed E-state index contributed by atoms with van der Waals surface area (Å²) in [6, 6.07) is 4.92. The number of aliphatic hydroxyl groups is 1. The summed E-state index contributed by atoms with van der Waals surface area (Å²) in [6.45, 7) is 5.40. The van der Waals surface area contributed by atoms with Crippen LogP contribution in [0.3, 0.4) is 0 Å². The molecule has 7 nitrogen and oxygen atoms in total. The lowest BCUT2D eigenvalue weighted by molar-refractivity contribution is -0.142. The fourth-order valence-corrected chi connectivity index (χ4v) is 3.66. The molecular formula is C19H26FN3O4. The lowest BCUT2D eigenvalue weighted by Crippen LogP contribution is -2.47. The molecular weight excluding hydrogens is 353 g/mol. The van der Waals surface area contributed by atoms with Crippen LogP contribution >= 0.6 is 0 Å². The highest BCUT2D eigenvalue weighted by atomic mass is 19.1. The zero-order chi connectivity index (χ0) is 19.4. The van der Waals surface area contributed by atoms with Crippen LogP contribution in [-0.2, 0) is 14.3 Å². The van der Waals surface area contributed by atoms with Crippen molar-refractivity contribution >= 4 is 17.6 Å². The molecule has 8 heteroatoms. The number of amides is 1. The van der Waals surface area contributed by atoms with Gasteiger partial charge in [-0.2, -0.15) is 0 Å². The van der Waals surface area contributed by atoms with E-state index in [-0.39, 0.29) is 36.9 Å². The minimum atomic E-state index is -0.506. The van der Waals surface area contributed by atoms with Gasteiger partial charge < -0.3 is 20.1 Å². The number of carbonyl (C=O) groups is 2. The molecule has 0 saturated carbocycles. The number of ether oxygens (including phenoxy) is 1. The molecule has 148 valence electrons. The normalized spacial score (nSPS) is 23.4. The summed E-state index contributed by atoms with van der Waals surface area (Å²) in [6.07, 6.45) is 0.0475. The van der Waals surface area contributed by atoms with Crippen LogP contribution in [0, 0.1) is 5.82 Å². The third kappa shape index (κ3) is 4.75. The lowest BCUT2D eigenvalue weighted by atomic mass is 9.95. The number of nitrogens with zero attached hydrogens (tertiary/aromatic N) is 2. The third-order valence-electron chi connectivity index (χ3n) is 5.15. The van der Waals surface area contributed by atoms with Crippen molar-refractivity contribution in [2.75, 3.05) is 50.8 Å². The molecule has 0 spiro atoms. The smallest absolute Gasteiger partial charge is 0.313 e. The average Bonchev–Trinajstić information content (AvgIpc) is 3.02. The number of hydrogen-bond acceptors (Lipinski definition) is 6. The first-order valence-electron chi connectivity index (χ1n) is 9.30. The SMILES string of the molecule is CC(=O)NC[C@H]1CC(c2ccc(N3CCN(CCO)CC3)c(F)c2)C(=O)O1. The van der Waals surface area contributed by atoms with Gasteiger partial charge in [-0.3, -0.25) is 14.5 Å². The maximum absolute atomic E-state index is 14.7. The van der Waals surface area contributed by atoms with Gasteiger partial charge in [-0.15, -0.1) is 0 Å². The molecule has 1 amide bonds. The van der Waals surface area contributed by atoms with Crippen molar-refractivity contribution in [3.63, 3.8) is 0 Å². The first kappa shape index (κ1) is 19.6. The van der Waals surface area contributed by atoms with Crippen molar-refractivity contribution in [3.05, 3.63) is 29.6 Å². The number of hydrogen-bond donors (Lipinski definition) is 2. The van der Waals surface area contributed by atoms with Crippen LogP contribution < -0.4 is 10.2 Å². The Hall–Kier alpha value is -2.19. The molecule has 2 N–H and O–H groups in total. The second-order valence-corrected chi connectivity index (χ2v) is 7.05. The minimum Gasteiger partial charge on any atom is -0.460 e. The monoisotopic (exact) mass is 379 g/mol. The molecule has 0 radical (unpaired) electrons. The molecule has 1 aromatic rings. The van der Waals surface area contributed by atoms with Gasteiger partial charge in [-0.05, 0) is 17.7 Å². The fourth-order valence-electron chi connectivity index (χ4n) is 3.66. The predicted octanol–water partition coefficient (Wildman–Crippen LogP) is 0.475. The Kier molecular flexibility index (Phi) is 6.28. The van der Waals surface area contributed by atoms with Gasteiger partial charge in [0.15, 0.2) is 0 Å². The van der Waals surface area contributed by atoms with Crippen molar-refractivity contribution < 1.29 is 23.8 Å². The molecule has 2 aliphatic heterocycles. The highest BCUT2D eigenvalue weighted by Gasteiger charge is 2.36. The van der Waals surface area contributed by atoms with E-state index >= 15 is 0 Å². The van der Waals surface area contributed by atoms with Gasteiger partial charge in [0, 0.05) is 46.1 Å². The van der Waals surface area contributed by atoms with E-state index in [0.717, 1.165) is 13.1 Å². The topological polar surface area (TPSA) is 82.1 Å². The van der Waals surface area contributed by atoms with Gasteiger partial charge >= 0.3 is 5.97 Å². The molecule has 1 unspecified atom stereocenters. The minimum absolute atomic E-state index is 0.128. The largest absolute Gasteiger partial charge is 0.460 e. The number of esters is 1. The Morgan fingerprint density at radius 3 is 2.70 bits per heavy atom. The molecule has 0 aliphatic carbocycles. The zero-order valence-corrected chi connectivity index (χ0v) is 15.5. The Labute approximate surface area is 158 Å². The predicted molar refractivity (Wildman–Crippen MR) is 98.1 cm³/mol. The van der Waals surface area contributed by atoms with Gasteiger partial charge in [0.05, 0.1) is 24.8 Å². The molecule has 0 aromatic heterocycles. The van der Waals surface area contributed by atoms with Crippen LogP contribution in [0.25, 0.3) is 0 Å². The van der Waals surface area contributed by atoms with Gasteiger partial charge in [0.1, 0.15) is 11.9 Å². The summed E-state index contributed by atoms with van der Waals surface area (Å²) in [5.74, 6) is -1.41. The van der Waals surface area contributed by atoms with Crippen LogP contribution in [0.2, 0.25) is 0 Å². The first-order valence-corrected chi connectivity index (χ1v) is 9.30. The van der Waals surface area contributed by atoms with Crippen molar-refractivity contribution in [1.82, 2.24) is 10.2 Å². The summed E-state index contributed by atoms with van der Waals surface area (Å²) in [5.41, 5.74) is 1.13. The highest BCUT2D eigenvalue weighted by Crippen LogP contribution is 2.33. The molecule has 3 rings (SSSR count). The van der Waals surface area contributed by atoms with E-state index in [1.54, 1.807) is 12.1 Å². The standard InChI is InChI=1S/C19H26FN3O4/c1-13(25)21-12-15-11-16(19(26)27-15)14-2-3-18(17(20)10-14)23-6-4-22(5-7-23)8-9-24/h2-3,10,15-16,24H,4-9,11-12H2,1H3,(H,21,25)/t15-,16?/m1/s1. The fraction of sp³-hybridized carbons (Fsp3) is 0.579. The summed E-state index contributed by atoms with van der Waals surface area (Å²) in [5, 5.41) is 11.6. The van der Waals surface area contributed by atoms with Crippen molar-refractivity contribution in [3.8, 4) is 0 Å².